The fraction of sp³-hybridized carbons (Fsp3) is 0.0556. The van der Waals surface area contributed by atoms with Crippen molar-refractivity contribution in [3.05, 3.63) is 76.5 Å². The molecule has 0 aliphatic rings. The van der Waals surface area contributed by atoms with Crippen molar-refractivity contribution in [2.75, 3.05) is 5.32 Å². The summed E-state index contributed by atoms with van der Waals surface area (Å²) in [6, 6.07) is 14.6. The van der Waals surface area contributed by atoms with E-state index in [1.807, 2.05) is 25.1 Å². The summed E-state index contributed by atoms with van der Waals surface area (Å²) in [5, 5.41) is 15.7. The lowest BCUT2D eigenvalue weighted by Gasteiger charge is -2.11. The van der Waals surface area contributed by atoms with Crippen molar-refractivity contribution >= 4 is 22.4 Å². The molecule has 7 heteroatoms. The maximum Gasteiger partial charge on any atom is 0.279 e. The predicted octanol–water partition coefficient (Wildman–Crippen LogP) is 3.30. The minimum absolute atomic E-state index is 0.272. The standard InChI is InChI=1S/C18H14FN5O/c1-11-10-16(22-21-11)20-17-14-4-2-3-5-15(14)18(25)24(23-17)13-8-6-12(19)7-9-13/h2-10H,1H3,(H2,20,21,22,23). The molecule has 0 spiro atoms. The quantitative estimate of drug-likeness (QED) is 0.602. The number of nitrogens with zero attached hydrogens (tertiary/aromatic N) is 3. The van der Waals surface area contributed by atoms with Crippen molar-refractivity contribution < 1.29 is 4.39 Å². The van der Waals surface area contributed by atoms with Gasteiger partial charge in [-0.05, 0) is 37.3 Å². The number of anilines is 2. The Kier molecular flexibility index (Phi) is 3.53. The predicted molar refractivity (Wildman–Crippen MR) is 93.9 cm³/mol. The van der Waals surface area contributed by atoms with Gasteiger partial charge in [-0.25, -0.2) is 4.39 Å². The number of benzene rings is 2. The van der Waals surface area contributed by atoms with Crippen molar-refractivity contribution in [3.63, 3.8) is 0 Å². The Hall–Kier alpha value is -3.48. The number of aryl methyl sites for hydroxylation is 1. The zero-order chi connectivity index (χ0) is 17.4. The molecule has 0 bridgehead atoms. The van der Waals surface area contributed by atoms with Crippen molar-refractivity contribution in [2.24, 2.45) is 0 Å². The minimum atomic E-state index is -0.372. The van der Waals surface area contributed by atoms with Crippen LogP contribution in [0.15, 0.2) is 59.4 Å². The van der Waals surface area contributed by atoms with Crippen LogP contribution in [0.5, 0.6) is 0 Å². The molecule has 0 amide bonds. The Balaban J connectivity index is 1.93. The highest BCUT2D eigenvalue weighted by Crippen LogP contribution is 2.22. The van der Waals surface area contributed by atoms with Crippen LogP contribution in [-0.4, -0.2) is 20.0 Å². The first kappa shape index (κ1) is 15.1. The molecule has 2 aromatic carbocycles. The fourth-order valence-electron chi connectivity index (χ4n) is 2.64. The topological polar surface area (TPSA) is 75.6 Å². The minimum Gasteiger partial charge on any atom is -0.321 e. The Morgan fingerprint density at radius 2 is 1.80 bits per heavy atom. The molecule has 0 atom stereocenters. The molecule has 4 rings (SSSR count). The Labute approximate surface area is 141 Å². The van der Waals surface area contributed by atoms with Crippen LogP contribution < -0.4 is 10.9 Å². The van der Waals surface area contributed by atoms with Crippen LogP contribution in [0.2, 0.25) is 0 Å². The zero-order valence-electron chi connectivity index (χ0n) is 13.3. The van der Waals surface area contributed by atoms with E-state index >= 15 is 0 Å². The SMILES string of the molecule is Cc1cc(Nc2nn(-c3ccc(F)cc3)c(=O)c3ccccc23)n[nH]1. The second-order valence-corrected chi connectivity index (χ2v) is 5.65. The highest BCUT2D eigenvalue weighted by atomic mass is 19.1. The van der Waals surface area contributed by atoms with Gasteiger partial charge >= 0.3 is 0 Å². The first-order chi connectivity index (χ1) is 12.1. The average Bonchev–Trinajstić information content (AvgIpc) is 3.03. The highest BCUT2D eigenvalue weighted by molar-refractivity contribution is 5.92. The van der Waals surface area contributed by atoms with E-state index in [4.69, 9.17) is 0 Å². The fourth-order valence-corrected chi connectivity index (χ4v) is 2.64. The summed E-state index contributed by atoms with van der Waals surface area (Å²) in [5.74, 6) is 0.716. The summed E-state index contributed by atoms with van der Waals surface area (Å²) in [7, 11) is 0. The third-order valence-electron chi connectivity index (χ3n) is 3.83. The lowest BCUT2D eigenvalue weighted by molar-refractivity contribution is 0.626. The highest BCUT2D eigenvalue weighted by Gasteiger charge is 2.12. The normalized spacial score (nSPS) is 11.0. The van der Waals surface area contributed by atoms with E-state index in [9.17, 15) is 9.18 Å². The summed E-state index contributed by atoms with van der Waals surface area (Å²) in [4.78, 5) is 12.8. The number of hydrogen-bond donors (Lipinski definition) is 2. The number of rotatable bonds is 3. The van der Waals surface area contributed by atoms with Gasteiger partial charge in [-0.15, -0.1) is 5.10 Å². The molecule has 2 aromatic heterocycles. The van der Waals surface area contributed by atoms with E-state index in [-0.39, 0.29) is 11.4 Å². The first-order valence-electron chi connectivity index (χ1n) is 7.69. The first-order valence-corrected chi connectivity index (χ1v) is 7.69. The van der Waals surface area contributed by atoms with Gasteiger partial charge in [-0.2, -0.15) is 9.78 Å². The molecule has 25 heavy (non-hydrogen) atoms. The molecular formula is C18H14FN5O. The molecule has 0 saturated carbocycles. The lowest BCUT2D eigenvalue weighted by Crippen LogP contribution is -2.22. The molecular weight excluding hydrogens is 321 g/mol. The van der Waals surface area contributed by atoms with Gasteiger partial charge in [0, 0.05) is 17.1 Å². The van der Waals surface area contributed by atoms with Gasteiger partial charge in [0.1, 0.15) is 5.82 Å². The van der Waals surface area contributed by atoms with Crippen LogP contribution in [0, 0.1) is 12.7 Å². The van der Waals surface area contributed by atoms with Gasteiger partial charge < -0.3 is 5.32 Å². The van der Waals surface area contributed by atoms with Gasteiger partial charge in [-0.1, -0.05) is 18.2 Å². The number of aromatic amines is 1. The summed E-state index contributed by atoms with van der Waals surface area (Å²) in [5.41, 5.74) is 1.11. The third kappa shape index (κ3) is 2.76. The van der Waals surface area contributed by atoms with Crippen LogP contribution in [0.3, 0.4) is 0 Å². The van der Waals surface area contributed by atoms with Crippen LogP contribution in [0.25, 0.3) is 16.5 Å². The maximum atomic E-state index is 13.2. The zero-order valence-corrected chi connectivity index (χ0v) is 13.3. The van der Waals surface area contributed by atoms with Gasteiger partial charge in [0.15, 0.2) is 11.6 Å². The Morgan fingerprint density at radius 3 is 2.48 bits per heavy atom. The number of fused-ring (bicyclic) bond motifs is 1. The largest absolute Gasteiger partial charge is 0.321 e. The molecule has 2 N–H and O–H groups in total. The molecule has 0 saturated heterocycles. The van der Waals surface area contributed by atoms with Crippen LogP contribution in [0.1, 0.15) is 5.69 Å². The molecule has 124 valence electrons. The van der Waals surface area contributed by atoms with E-state index in [0.717, 1.165) is 5.69 Å². The monoisotopic (exact) mass is 335 g/mol. The van der Waals surface area contributed by atoms with Gasteiger partial charge in [0.2, 0.25) is 0 Å². The number of halogens is 1. The maximum absolute atomic E-state index is 13.2. The van der Waals surface area contributed by atoms with E-state index in [2.05, 4.69) is 20.6 Å². The third-order valence-corrected chi connectivity index (χ3v) is 3.83. The molecule has 0 fully saturated rings. The second kappa shape index (κ2) is 5.86. The van der Waals surface area contributed by atoms with Gasteiger partial charge in [-0.3, -0.25) is 9.89 Å². The molecule has 0 unspecified atom stereocenters. The van der Waals surface area contributed by atoms with Crippen molar-refractivity contribution in [3.8, 4) is 5.69 Å². The van der Waals surface area contributed by atoms with E-state index < -0.39 is 0 Å². The van der Waals surface area contributed by atoms with Crippen LogP contribution >= 0.6 is 0 Å². The van der Waals surface area contributed by atoms with Gasteiger partial charge in [0.05, 0.1) is 11.1 Å². The molecule has 0 aliphatic heterocycles. The number of nitrogens with one attached hydrogen (secondary N) is 2. The Bertz CT molecular complexity index is 1110. The molecule has 0 radical (unpaired) electrons. The summed E-state index contributed by atoms with van der Waals surface area (Å²) < 4.78 is 14.4. The summed E-state index contributed by atoms with van der Waals surface area (Å²) in [6.07, 6.45) is 0. The van der Waals surface area contributed by atoms with E-state index in [1.54, 1.807) is 12.1 Å². The van der Waals surface area contributed by atoms with E-state index in [0.29, 0.717) is 28.1 Å². The summed E-state index contributed by atoms with van der Waals surface area (Å²) >= 11 is 0. The van der Waals surface area contributed by atoms with Gasteiger partial charge in [0.25, 0.3) is 5.56 Å². The molecule has 2 heterocycles. The molecule has 4 aromatic rings. The summed E-state index contributed by atoms with van der Waals surface area (Å²) in [6.45, 7) is 1.89. The number of hydrogen-bond acceptors (Lipinski definition) is 4. The van der Waals surface area contributed by atoms with Crippen molar-refractivity contribution in [1.29, 1.82) is 0 Å². The molecule has 0 aliphatic carbocycles. The van der Waals surface area contributed by atoms with Crippen molar-refractivity contribution in [1.82, 2.24) is 20.0 Å². The second-order valence-electron chi connectivity index (χ2n) is 5.65. The number of H-pyrrole nitrogens is 1. The van der Waals surface area contributed by atoms with E-state index in [1.165, 1.54) is 28.9 Å². The molecule has 6 nitrogen and oxygen atoms in total. The smallest absolute Gasteiger partial charge is 0.279 e. The lowest BCUT2D eigenvalue weighted by atomic mass is 10.2. The van der Waals surface area contributed by atoms with Crippen molar-refractivity contribution in [2.45, 2.75) is 6.92 Å². The number of aromatic nitrogens is 4. The van der Waals surface area contributed by atoms with Crippen LogP contribution in [-0.2, 0) is 0 Å². The average molecular weight is 335 g/mol. The van der Waals surface area contributed by atoms with Crippen LogP contribution in [0.4, 0.5) is 16.0 Å². The Morgan fingerprint density at radius 1 is 1.08 bits per heavy atom.